The molecule has 19 heavy (non-hydrogen) atoms. The summed E-state index contributed by atoms with van der Waals surface area (Å²) in [5, 5.41) is 4.22. The topological polar surface area (TPSA) is 89.7 Å². The molecule has 1 aliphatic rings. The zero-order valence-electron chi connectivity index (χ0n) is 10.2. The summed E-state index contributed by atoms with van der Waals surface area (Å²) in [6.45, 7) is 0.0461. The van der Waals surface area contributed by atoms with E-state index in [4.69, 9.17) is 9.88 Å². The molecule has 2 rings (SSSR count). The SMILES string of the molecule is COc1ccc(Br)cc1N1CC(S(N)(=O)=O)CC1=O. The van der Waals surface area contributed by atoms with Crippen molar-refractivity contribution < 1.29 is 17.9 Å². The van der Waals surface area contributed by atoms with E-state index in [1.807, 2.05) is 0 Å². The van der Waals surface area contributed by atoms with Gasteiger partial charge < -0.3 is 9.64 Å². The molecule has 1 aromatic carbocycles. The van der Waals surface area contributed by atoms with Crippen LogP contribution in [0.1, 0.15) is 6.42 Å². The Bertz CT molecular complexity index is 617. The van der Waals surface area contributed by atoms with Crippen molar-refractivity contribution in [1.29, 1.82) is 0 Å². The lowest BCUT2D eigenvalue weighted by atomic mass is 10.2. The molecule has 1 heterocycles. The number of ether oxygens (including phenoxy) is 1. The fraction of sp³-hybridized carbons (Fsp3) is 0.364. The van der Waals surface area contributed by atoms with Crippen molar-refractivity contribution in [3.05, 3.63) is 22.7 Å². The molecule has 1 unspecified atom stereocenters. The summed E-state index contributed by atoms with van der Waals surface area (Å²) in [6, 6.07) is 5.19. The maximum Gasteiger partial charge on any atom is 0.228 e. The van der Waals surface area contributed by atoms with Gasteiger partial charge in [0.1, 0.15) is 11.0 Å². The average Bonchev–Trinajstić information content (AvgIpc) is 2.71. The minimum absolute atomic E-state index is 0.0461. The first kappa shape index (κ1) is 14.3. The number of nitrogens with two attached hydrogens (primary N) is 1. The van der Waals surface area contributed by atoms with Crippen molar-refractivity contribution in [3.8, 4) is 5.75 Å². The predicted molar refractivity (Wildman–Crippen MR) is 74.6 cm³/mol. The van der Waals surface area contributed by atoms with Gasteiger partial charge in [-0.1, -0.05) is 15.9 Å². The van der Waals surface area contributed by atoms with Gasteiger partial charge in [0.05, 0.1) is 12.8 Å². The Kier molecular flexibility index (Phi) is 3.84. The van der Waals surface area contributed by atoms with E-state index in [0.29, 0.717) is 11.4 Å². The molecule has 0 aromatic heterocycles. The summed E-state index contributed by atoms with van der Waals surface area (Å²) in [5.41, 5.74) is 0.535. The molecule has 0 saturated carbocycles. The number of halogens is 1. The molecule has 104 valence electrons. The molecule has 1 aromatic rings. The van der Waals surface area contributed by atoms with Crippen molar-refractivity contribution in [3.63, 3.8) is 0 Å². The number of carbonyl (C=O) groups is 1. The van der Waals surface area contributed by atoms with Gasteiger partial charge in [-0.05, 0) is 18.2 Å². The number of nitrogens with zero attached hydrogens (tertiary/aromatic N) is 1. The number of amides is 1. The molecule has 0 spiro atoms. The van der Waals surface area contributed by atoms with Crippen molar-refractivity contribution >= 4 is 37.5 Å². The molecule has 0 radical (unpaired) electrons. The Hall–Kier alpha value is -1.12. The van der Waals surface area contributed by atoms with Crippen LogP contribution in [0, 0.1) is 0 Å². The van der Waals surface area contributed by atoms with Crippen LogP contribution in [0.4, 0.5) is 5.69 Å². The van der Waals surface area contributed by atoms with Crippen molar-refractivity contribution in [2.45, 2.75) is 11.7 Å². The number of hydrogen-bond donors (Lipinski definition) is 1. The second-order valence-electron chi connectivity index (χ2n) is 4.24. The number of rotatable bonds is 3. The average molecular weight is 349 g/mol. The molecular weight excluding hydrogens is 336 g/mol. The molecule has 8 heteroatoms. The molecule has 0 aliphatic carbocycles. The van der Waals surface area contributed by atoms with Crippen molar-refractivity contribution in [1.82, 2.24) is 0 Å². The summed E-state index contributed by atoms with van der Waals surface area (Å²) in [7, 11) is -2.23. The van der Waals surface area contributed by atoms with Gasteiger partial charge in [0, 0.05) is 17.4 Å². The fourth-order valence-corrected chi connectivity index (χ4v) is 3.08. The van der Waals surface area contributed by atoms with Crippen LogP contribution >= 0.6 is 15.9 Å². The predicted octanol–water partition coefficient (Wildman–Crippen LogP) is 0.852. The lowest BCUT2D eigenvalue weighted by molar-refractivity contribution is -0.117. The highest BCUT2D eigenvalue weighted by molar-refractivity contribution is 9.10. The van der Waals surface area contributed by atoms with Gasteiger partial charge in [-0.3, -0.25) is 4.79 Å². The molecular formula is C11H13BrN2O4S. The van der Waals surface area contributed by atoms with Gasteiger partial charge in [-0.15, -0.1) is 0 Å². The van der Waals surface area contributed by atoms with Gasteiger partial charge >= 0.3 is 0 Å². The number of anilines is 1. The number of primary sulfonamides is 1. The Morgan fingerprint density at radius 3 is 2.68 bits per heavy atom. The second-order valence-corrected chi connectivity index (χ2v) is 7.00. The summed E-state index contributed by atoms with van der Waals surface area (Å²) < 4.78 is 28.6. The van der Waals surface area contributed by atoms with Crippen molar-refractivity contribution in [2.24, 2.45) is 5.14 Å². The van der Waals surface area contributed by atoms with E-state index in [1.165, 1.54) is 12.0 Å². The van der Waals surface area contributed by atoms with E-state index in [-0.39, 0.29) is 18.9 Å². The van der Waals surface area contributed by atoms with Crippen LogP contribution in [0.5, 0.6) is 5.75 Å². The first-order valence-electron chi connectivity index (χ1n) is 5.48. The number of hydrogen-bond acceptors (Lipinski definition) is 4. The Morgan fingerprint density at radius 2 is 2.16 bits per heavy atom. The molecule has 1 fully saturated rings. The molecule has 2 N–H and O–H groups in total. The van der Waals surface area contributed by atoms with E-state index < -0.39 is 15.3 Å². The lowest BCUT2D eigenvalue weighted by Crippen LogP contribution is -2.32. The van der Waals surface area contributed by atoms with Crippen LogP contribution in [0.15, 0.2) is 22.7 Å². The normalized spacial score (nSPS) is 19.8. The maximum absolute atomic E-state index is 11.9. The Balaban J connectivity index is 2.38. The van der Waals surface area contributed by atoms with Crippen LogP contribution in [0.2, 0.25) is 0 Å². The Labute approximate surface area is 119 Å². The van der Waals surface area contributed by atoms with Crippen LogP contribution in [0.25, 0.3) is 0 Å². The number of sulfonamides is 1. The van der Waals surface area contributed by atoms with Crippen LogP contribution in [-0.2, 0) is 14.8 Å². The van der Waals surface area contributed by atoms with Crippen molar-refractivity contribution in [2.75, 3.05) is 18.6 Å². The number of benzene rings is 1. The van der Waals surface area contributed by atoms with Crippen LogP contribution in [-0.4, -0.2) is 33.2 Å². The standard InChI is InChI=1S/C11H13BrN2O4S/c1-18-10-3-2-7(12)4-9(10)14-6-8(5-11(14)15)19(13,16)17/h2-4,8H,5-6H2,1H3,(H2,13,16,17). The van der Waals surface area contributed by atoms with E-state index in [9.17, 15) is 13.2 Å². The number of carbonyl (C=O) groups excluding carboxylic acids is 1. The molecule has 0 bridgehead atoms. The Morgan fingerprint density at radius 1 is 1.47 bits per heavy atom. The first-order chi connectivity index (χ1) is 8.82. The first-order valence-corrected chi connectivity index (χ1v) is 7.88. The summed E-state index contributed by atoms with van der Waals surface area (Å²) in [4.78, 5) is 13.3. The molecule has 1 aliphatic heterocycles. The third-order valence-electron chi connectivity index (χ3n) is 2.99. The maximum atomic E-state index is 11.9. The van der Waals surface area contributed by atoms with Gasteiger partial charge in [-0.25, -0.2) is 13.6 Å². The van der Waals surface area contributed by atoms with Crippen LogP contribution in [0.3, 0.4) is 0 Å². The fourth-order valence-electron chi connectivity index (χ4n) is 2.00. The highest BCUT2D eigenvalue weighted by Gasteiger charge is 2.38. The van der Waals surface area contributed by atoms with E-state index in [0.717, 1.165) is 4.47 Å². The van der Waals surface area contributed by atoms with Gasteiger partial charge in [0.25, 0.3) is 0 Å². The summed E-state index contributed by atoms with van der Waals surface area (Å²) >= 11 is 3.31. The van der Waals surface area contributed by atoms with E-state index in [2.05, 4.69) is 15.9 Å². The summed E-state index contributed by atoms with van der Waals surface area (Å²) in [5.74, 6) is 0.224. The molecule has 1 atom stereocenters. The number of methoxy groups -OCH3 is 1. The third kappa shape index (κ3) is 2.90. The molecule has 1 saturated heterocycles. The highest BCUT2D eigenvalue weighted by atomic mass is 79.9. The lowest BCUT2D eigenvalue weighted by Gasteiger charge is -2.19. The molecule has 6 nitrogen and oxygen atoms in total. The second kappa shape index (κ2) is 5.10. The quantitative estimate of drug-likeness (QED) is 0.876. The van der Waals surface area contributed by atoms with Crippen LogP contribution < -0.4 is 14.8 Å². The van der Waals surface area contributed by atoms with Gasteiger partial charge in [0.2, 0.25) is 15.9 Å². The zero-order valence-corrected chi connectivity index (χ0v) is 12.6. The third-order valence-corrected chi connectivity index (χ3v) is 4.72. The minimum Gasteiger partial charge on any atom is -0.495 e. The van der Waals surface area contributed by atoms with E-state index >= 15 is 0 Å². The summed E-state index contributed by atoms with van der Waals surface area (Å²) in [6.07, 6.45) is -0.103. The highest BCUT2D eigenvalue weighted by Crippen LogP contribution is 2.34. The minimum atomic E-state index is -3.72. The zero-order chi connectivity index (χ0) is 14.2. The smallest absolute Gasteiger partial charge is 0.228 e. The van der Waals surface area contributed by atoms with Gasteiger partial charge in [-0.2, -0.15) is 0 Å². The largest absolute Gasteiger partial charge is 0.495 e. The molecule has 1 amide bonds. The van der Waals surface area contributed by atoms with E-state index in [1.54, 1.807) is 18.2 Å². The monoisotopic (exact) mass is 348 g/mol. The van der Waals surface area contributed by atoms with Gasteiger partial charge in [0.15, 0.2) is 0 Å².